The van der Waals surface area contributed by atoms with Crippen molar-refractivity contribution in [2.24, 2.45) is 0 Å². The van der Waals surface area contributed by atoms with Gasteiger partial charge in [0.25, 0.3) is 0 Å². The number of benzene rings is 1. The molecule has 0 radical (unpaired) electrons. The van der Waals surface area contributed by atoms with E-state index in [2.05, 4.69) is 13.2 Å². The zero-order chi connectivity index (χ0) is 9.90. The SMILES string of the molecule is C=CC(C)(C=C)c1cccc(F)c1. The largest absolute Gasteiger partial charge is 0.207 e. The Balaban J connectivity index is 3.19. The zero-order valence-electron chi connectivity index (χ0n) is 7.76. The Morgan fingerprint density at radius 3 is 2.38 bits per heavy atom. The van der Waals surface area contributed by atoms with Crippen LogP contribution < -0.4 is 0 Å². The van der Waals surface area contributed by atoms with E-state index in [4.69, 9.17) is 0 Å². The Kier molecular flexibility index (Phi) is 2.66. The van der Waals surface area contributed by atoms with Crippen molar-refractivity contribution in [2.75, 3.05) is 0 Å². The average Bonchev–Trinajstić information content (AvgIpc) is 2.17. The quantitative estimate of drug-likeness (QED) is 0.619. The van der Waals surface area contributed by atoms with Gasteiger partial charge in [0, 0.05) is 5.41 Å². The molecule has 1 heteroatoms. The first-order valence-electron chi connectivity index (χ1n) is 4.15. The van der Waals surface area contributed by atoms with E-state index in [1.54, 1.807) is 18.2 Å². The summed E-state index contributed by atoms with van der Waals surface area (Å²) in [6.07, 6.45) is 3.52. The Hall–Kier alpha value is -1.37. The van der Waals surface area contributed by atoms with E-state index < -0.39 is 0 Å². The molecule has 13 heavy (non-hydrogen) atoms. The molecule has 0 saturated heterocycles. The number of hydrogen-bond donors (Lipinski definition) is 0. The zero-order valence-corrected chi connectivity index (χ0v) is 7.76. The van der Waals surface area contributed by atoms with Crippen LogP contribution in [0.15, 0.2) is 49.6 Å². The third kappa shape index (κ3) is 1.86. The van der Waals surface area contributed by atoms with Crippen molar-refractivity contribution in [1.82, 2.24) is 0 Å². The van der Waals surface area contributed by atoms with Crippen LogP contribution in [0.25, 0.3) is 0 Å². The van der Waals surface area contributed by atoms with E-state index in [1.165, 1.54) is 12.1 Å². The predicted molar refractivity (Wildman–Crippen MR) is 54.1 cm³/mol. The first-order chi connectivity index (χ1) is 6.12. The molecule has 0 N–H and O–H groups in total. The summed E-state index contributed by atoms with van der Waals surface area (Å²) in [6, 6.07) is 6.49. The minimum absolute atomic E-state index is 0.229. The van der Waals surface area contributed by atoms with Gasteiger partial charge in [-0.1, -0.05) is 24.3 Å². The van der Waals surface area contributed by atoms with Gasteiger partial charge < -0.3 is 0 Å². The van der Waals surface area contributed by atoms with Crippen molar-refractivity contribution in [3.05, 3.63) is 61.0 Å². The summed E-state index contributed by atoms with van der Waals surface area (Å²) in [7, 11) is 0. The highest BCUT2D eigenvalue weighted by Crippen LogP contribution is 2.26. The Morgan fingerprint density at radius 1 is 1.31 bits per heavy atom. The van der Waals surface area contributed by atoms with E-state index in [1.807, 2.05) is 13.0 Å². The molecule has 0 aliphatic rings. The van der Waals surface area contributed by atoms with Crippen LogP contribution in [0.2, 0.25) is 0 Å². The maximum absolute atomic E-state index is 12.9. The van der Waals surface area contributed by atoms with Crippen LogP contribution in [0, 0.1) is 5.82 Å². The van der Waals surface area contributed by atoms with E-state index in [0.29, 0.717) is 0 Å². The van der Waals surface area contributed by atoms with Crippen molar-refractivity contribution in [3.8, 4) is 0 Å². The molecule has 1 aromatic carbocycles. The molecule has 0 amide bonds. The second-order valence-electron chi connectivity index (χ2n) is 3.20. The molecule has 1 aromatic rings. The topological polar surface area (TPSA) is 0 Å². The van der Waals surface area contributed by atoms with E-state index in [9.17, 15) is 4.39 Å². The van der Waals surface area contributed by atoms with Gasteiger partial charge in [0.1, 0.15) is 5.82 Å². The first kappa shape index (κ1) is 9.72. The molecule has 0 atom stereocenters. The van der Waals surface area contributed by atoms with Crippen molar-refractivity contribution in [2.45, 2.75) is 12.3 Å². The normalized spacial score (nSPS) is 10.9. The molecule has 1 rings (SSSR count). The van der Waals surface area contributed by atoms with Gasteiger partial charge in [-0.25, -0.2) is 4.39 Å². The smallest absolute Gasteiger partial charge is 0.123 e. The molecule has 68 valence electrons. The molecule has 0 aliphatic heterocycles. The van der Waals surface area contributed by atoms with Gasteiger partial charge in [0.15, 0.2) is 0 Å². The summed E-state index contributed by atoms with van der Waals surface area (Å²) in [5.74, 6) is -0.229. The average molecular weight is 176 g/mol. The highest BCUT2D eigenvalue weighted by atomic mass is 19.1. The summed E-state index contributed by atoms with van der Waals surface area (Å²) in [6.45, 7) is 9.38. The molecule has 0 unspecified atom stereocenters. The second kappa shape index (κ2) is 3.56. The fourth-order valence-electron chi connectivity index (χ4n) is 1.14. The van der Waals surface area contributed by atoms with Gasteiger partial charge >= 0.3 is 0 Å². The minimum Gasteiger partial charge on any atom is -0.207 e. The van der Waals surface area contributed by atoms with Crippen molar-refractivity contribution >= 4 is 0 Å². The van der Waals surface area contributed by atoms with E-state index >= 15 is 0 Å². The van der Waals surface area contributed by atoms with Crippen molar-refractivity contribution < 1.29 is 4.39 Å². The third-order valence-corrected chi connectivity index (χ3v) is 2.29. The standard InChI is InChI=1S/C12H13F/c1-4-12(3,5-2)10-7-6-8-11(13)9-10/h4-9H,1-2H2,3H3. The van der Waals surface area contributed by atoms with Crippen LogP contribution >= 0.6 is 0 Å². The van der Waals surface area contributed by atoms with Gasteiger partial charge in [-0.05, 0) is 24.6 Å². The Morgan fingerprint density at radius 2 is 1.92 bits per heavy atom. The molecule has 0 saturated carbocycles. The van der Waals surface area contributed by atoms with Crippen LogP contribution in [0.3, 0.4) is 0 Å². The maximum atomic E-state index is 12.9. The fourth-order valence-corrected chi connectivity index (χ4v) is 1.14. The summed E-state index contributed by atoms with van der Waals surface area (Å²) in [4.78, 5) is 0. The van der Waals surface area contributed by atoms with Gasteiger partial charge in [-0.3, -0.25) is 0 Å². The van der Waals surface area contributed by atoms with Crippen molar-refractivity contribution in [1.29, 1.82) is 0 Å². The van der Waals surface area contributed by atoms with Gasteiger partial charge in [0.2, 0.25) is 0 Å². The lowest BCUT2D eigenvalue weighted by Gasteiger charge is -2.21. The summed E-state index contributed by atoms with van der Waals surface area (Å²) in [5.41, 5.74) is 0.528. The molecule has 0 spiro atoms. The van der Waals surface area contributed by atoms with E-state index in [0.717, 1.165) is 5.56 Å². The lowest BCUT2D eigenvalue weighted by atomic mass is 9.83. The highest BCUT2D eigenvalue weighted by molar-refractivity contribution is 5.34. The second-order valence-corrected chi connectivity index (χ2v) is 3.20. The number of rotatable bonds is 3. The van der Waals surface area contributed by atoms with Crippen LogP contribution in [-0.2, 0) is 5.41 Å². The molecule has 0 aliphatic carbocycles. The molecule has 0 fully saturated rings. The third-order valence-electron chi connectivity index (χ3n) is 2.29. The molecule has 0 aromatic heterocycles. The van der Waals surface area contributed by atoms with Crippen molar-refractivity contribution in [3.63, 3.8) is 0 Å². The summed E-state index contributed by atoms with van der Waals surface area (Å²) < 4.78 is 12.9. The van der Waals surface area contributed by atoms with Gasteiger partial charge in [0.05, 0.1) is 0 Å². The number of halogens is 1. The van der Waals surface area contributed by atoms with Crippen LogP contribution in [-0.4, -0.2) is 0 Å². The Bertz CT molecular complexity index is 318. The summed E-state index contributed by atoms with van der Waals surface area (Å²) >= 11 is 0. The summed E-state index contributed by atoms with van der Waals surface area (Å²) in [5, 5.41) is 0. The Labute approximate surface area is 78.4 Å². The fraction of sp³-hybridized carbons (Fsp3) is 0.167. The molecular weight excluding hydrogens is 163 g/mol. The lowest BCUT2D eigenvalue weighted by Crippen LogP contribution is -2.14. The first-order valence-corrected chi connectivity index (χ1v) is 4.15. The van der Waals surface area contributed by atoms with Crippen LogP contribution in [0.4, 0.5) is 4.39 Å². The van der Waals surface area contributed by atoms with Gasteiger partial charge in [-0.15, -0.1) is 13.2 Å². The molecular formula is C12H13F. The number of allylic oxidation sites excluding steroid dienone is 2. The minimum atomic E-state index is -0.345. The number of hydrogen-bond acceptors (Lipinski definition) is 0. The molecule has 0 heterocycles. The molecule has 0 bridgehead atoms. The maximum Gasteiger partial charge on any atom is 0.123 e. The highest BCUT2D eigenvalue weighted by Gasteiger charge is 2.18. The molecule has 0 nitrogen and oxygen atoms in total. The predicted octanol–water partition coefficient (Wildman–Crippen LogP) is 3.46. The van der Waals surface area contributed by atoms with Crippen LogP contribution in [0.5, 0.6) is 0 Å². The lowest BCUT2D eigenvalue weighted by molar-refractivity contribution is 0.619. The van der Waals surface area contributed by atoms with Gasteiger partial charge in [-0.2, -0.15) is 0 Å². The monoisotopic (exact) mass is 176 g/mol. The van der Waals surface area contributed by atoms with E-state index in [-0.39, 0.29) is 11.2 Å². The van der Waals surface area contributed by atoms with Crippen LogP contribution in [0.1, 0.15) is 12.5 Å².